The number of hydrogen-bond donors (Lipinski definition) is 2. The number of nitrogens with zero attached hydrogens (tertiary/aromatic N) is 2. The Morgan fingerprint density at radius 3 is 2.61 bits per heavy atom. The van der Waals surface area contributed by atoms with E-state index in [2.05, 4.69) is 15.5 Å². The molecular formula is C23H27Cl2FN4O. The number of benzene rings is 2. The van der Waals surface area contributed by atoms with Crippen molar-refractivity contribution in [2.24, 2.45) is 0 Å². The van der Waals surface area contributed by atoms with Gasteiger partial charge < -0.3 is 20.4 Å². The van der Waals surface area contributed by atoms with Crippen LogP contribution >= 0.6 is 23.2 Å². The first-order valence-corrected chi connectivity index (χ1v) is 11.5. The van der Waals surface area contributed by atoms with Crippen LogP contribution in [0.5, 0.6) is 0 Å². The second kappa shape index (κ2) is 9.63. The minimum Gasteiger partial charge on any atom is -0.376 e. The minimum atomic E-state index is -0.318. The molecule has 5 nitrogen and oxygen atoms in total. The Morgan fingerprint density at radius 2 is 1.94 bits per heavy atom. The zero-order chi connectivity index (χ0) is 22.0. The highest BCUT2D eigenvalue weighted by Crippen LogP contribution is 2.31. The molecule has 0 bridgehead atoms. The van der Waals surface area contributed by atoms with Crippen LogP contribution in [-0.2, 0) is 4.79 Å². The number of nitrogens with one attached hydrogen (secondary N) is 2. The molecule has 0 aromatic heterocycles. The van der Waals surface area contributed by atoms with Crippen LogP contribution in [0.15, 0.2) is 36.4 Å². The maximum atomic E-state index is 14.5. The molecule has 31 heavy (non-hydrogen) atoms. The van der Waals surface area contributed by atoms with Crippen LogP contribution in [0.1, 0.15) is 31.4 Å². The Bertz CT molecular complexity index is 943. The SMILES string of the molecule is CC(Nc1cc(N2CCN(C(=O)C3CCCN3)CC2)ccc1F)c1ccc(Cl)cc1Cl. The van der Waals surface area contributed by atoms with E-state index < -0.39 is 0 Å². The molecule has 0 saturated carbocycles. The molecule has 0 radical (unpaired) electrons. The van der Waals surface area contributed by atoms with E-state index in [0.717, 1.165) is 43.7 Å². The molecule has 4 rings (SSSR count). The summed E-state index contributed by atoms with van der Waals surface area (Å²) in [6.45, 7) is 5.65. The molecule has 0 spiro atoms. The van der Waals surface area contributed by atoms with E-state index in [1.165, 1.54) is 6.07 Å². The minimum absolute atomic E-state index is 0.0330. The fraction of sp³-hybridized carbons (Fsp3) is 0.435. The number of amides is 1. The normalized spacial score (nSPS) is 20.1. The van der Waals surface area contributed by atoms with Crippen LogP contribution in [0.25, 0.3) is 0 Å². The second-order valence-electron chi connectivity index (χ2n) is 8.16. The summed E-state index contributed by atoms with van der Waals surface area (Å²) in [7, 11) is 0. The molecule has 2 N–H and O–H groups in total. The average molecular weight is 465 g/mol. The largest absolute Gasteiger partial charge is 0.376 e. The summed E-state index contributed by atoms with van der Waals surface area (Å²) in [5.74, 6) is -0.117. The van der Waals surface area contributed by atoms with Crippen LogP contribution in [-0.4, -0.2) is 49.6 Å². The third-order valence-corrected chi connectivity index (χ3v) is 6.63. The monoisotopic (exact) mass is 464 g/mol. The summed E-state index contributed by atoms with van der Waals surface area (Å²) in [6, 6.07) is 10.2. The Kier molecular flexibility index (Phi) is 6.89. The van der Waals surface area contributed by atoms with E-state index >= 15 is 0 Å². The Balaban J connectivity index is 1.41. The lowest BCUT2D eigenvalue weighted by atomic mass is 10.1. The van der Waals surface area contributed by atoms with Crippen LogP contribution < -0.4 is 15.5 Å². The van der Waals surface area contributed by atoms with Crippen molar-refractivity contribution in [3.05, 3.63) is 57.8 Å². The quantitative estimate of drug-likeness (QED) is 0.672. The number of hydrogen-bond acceptors (Lipinski definition) is 4. The number of carbonyl (C=O) groups excluding carboxylic acids is 1. The molecule has 8 heteroatoms. The third-order valence-electron chi connectivity index (χ3n) is 6.07. The lowest BCUT2D eigenvalue weighted by Crippen LogP contribution is -2.53. The summed E-state index contributed by atoms with van der Waals surface area (Å²) in [6.07, 6.45) is 1.98. The predicted molar refractivity (Wildman–Crippen MR) is 125 cm³/mol. The first-order chi connectivity index (χ1) is 14.9. The first kappa shape index (κ1) is 22.2. The van der Waals surface area contributed by atoms with Gasteiger partial charge in [-0.05, 0) is 62.2 Å². The topological polar surface area (TPSA) is 47.6 Å². The van der Waals surface area contributed by atoms with Gasteiger partial charge in [0.25, 0.3) is 0 Å². The van der Waals surface area contributed by atoms with Gasteiger partial charge in [0.05, 0.1) is 17.8 Å². The van der Waals surface area contributed by atoms with Gasteiger partial charge in [0, 0.05) is 41.9 Å². The predicted octanol–water partition coefficient (Wildman–Crippen LogP) is 4.71. The molecule has 2 fully saturated rings. The lowest BCUT2D eigenvalue weighted by molar-refractivity contribution is -0.133. The van der Waals surface area contributed by atoms with Crippen LogP contribution in [0, 0.1) is 5.82 Å². The smallest absolute Gasteiger partial charge is 0.239 e. The zero-order valence-corrected chi connectivity index (χ0v) is 19.0. The zero-order valence-electron chi connectivity index (χ0n) is 17.5. The number of carbonyl (C=O) groups is 1. The van der Waals surface area contributed by atoms with Crippen LogP contribution in [0.2, 0.25) is 10.0 Å². The highest BCUT2D eigenvalue weighted by molar-refractivity contribution is 6.35. The van der Waals surface area contributed by atoms with Crippen molar-refractivity contribution in [1.29, 1.82) is 0 Å². The van der Waals surface area contributed by atoms with Gasteiger partial charge in [-0.3, -0.25) is 4.79 Å². The van der Waals surface area contributed by atoms with Crippen LogP contribution in [0.3, 0.4) is 0 Å². The van der Waals surface area contributed by atoms with Gasteiger partial charge in [0.1, 0.15) is 5.82 Å². The second-order valence-corrected chi connectivity index (χ2v) is 9.00. The molecule has 2 atom stereocenters. The molecule has 2 saturated heterocycles. The van der Waals surface area contributed by atoms with Crippen molar-refractivity contribution in [3.63, 3.8) is 0 Å². The van der Waals surface area contributed by atoms with E-state index in [0.29, 0.717) is 28.8 Å². The number of halogens is 3. The van der Waals surface area contributed by atoms with Gasteiger partial charge in [-0.25, -0.2) is 4.39 Å². The standard InChI is InChI=1S/C23H27Cl2FN4O/c1-15(18-6-4-16(24)13-19(18)25)28-22-14-17(5-7-20(22)26)29-9-11-30(12-10-29)23(31)21-3-2-8-27-21/h4-7,13-15,21,27-28H,2-3,8-12H2,1H3. The summed E-state index contributed by atoms with van der Waals surface area (Å²) in [4.78, 5) is 16.7. The number of anilines is 2. The van der Waals surface area contributed by atoms with Crippen molar-refractivity contribution in [2.75, 3.05) is 42.9 Å². The Hall–Kier alpha value is -2.02. The molecule has 2 aliphatic heterocycles. The van der Waals surface area contributed by atoms with Crippen LogP contribution in [0.4, 0.5) is 15.8 Å². The van der Waals surface area contributed by atoms with Crippen molar-refractivity contribution in [1.82, 2.24) is 10.2 Å². The third kappa shape index (κ3) is 5.08. The highest BCUT2D eigenvalue weighted by Gasteiger charge is 2.29. The first-order valence-electron chi connectivity index (χ1n) is 10.7. The van der Waals surface area contributed by atoms with E-state index in [4.69, 9.17) is 23.2 Å². The fourth-order valence-corrected chi connectivity index (χ4v) is 4.86. The molecule has 2 heterocycles. The van der Waals surface area contributed by atoms with Gasteiger partial charge in [-0.2, -0.15) is 0 Å². The highest BCUT2D eigenvalue weighted by atomic mass is 35.5. The fourth-order valence-electron chi connectivity index (χ4n) is 4.28. The van der Waals surface area contributed by atoms with Gasteiger partial charge in [-0.15, -0.1) is 0 Å². The lowest BCUT2D eigenvalue weighted by Gasteiger charge is -2.37. The molecule has 0 aliphatic carbocycles. The summed E-state index contributed by atoms with van der Waals surface area (Å²) < 4.78 is 14.5. The van der Waals surface area contributed by atoms with Crippen molar-refractivity contribution in [2.45, 2.75) is 31.8 Å². The summed E-state index contributed by atoms with van der Waals surface area (Å²) in [5.41, 5.74) is 2.21. The van der Waals surface area contributed by atoms with Gasteiger partial charge in [0.15, 0.2) is 0 Å². The molecule has 2 aromatic rings. The Labute approximate surface area is 192 Å². The summed E-state index contributed by atoms with van der Waals surface area (Å²) >= 11 is 12.3. The summed E-state index contributed by atoms with van der Waals surface area (Å²) in [5, 5.41) is 7.61. The average Bonchev–Trinajstić information content (AvgIpc) is 3.30. The van der Waals surface area contributed by atoms with E-state index in [9.17, 15) is 9.18 Å². The number of rotatable bonds is 5. The van der Waals surface area contributed by atoms with Gasteiger partial charge in [0.2, 0.25) is 5.91 Å². The number of piperazine rings is 1. The molecule has 2 unspecified atom stereocenters. The van der Waals surface area contributed by atoms with Gasteiger partial charge >= 0.3 is 0 Å². The molecule has 1 amide bonds. The van der Waals surface area contributed by atoms with E-state index in [-0.39, 0.29) is 23.8 Å². The molecule has 166 valence electrons. The van der Waals surface area contributed by atoms with E-state index in [1.807, 2.05) is 24.0 Å². The molecular weight excluding hydrogens is 438 g/mol. The maximum absolute atomic E-state index is 14.5. The van der Waals surface area contributed by atoms with Gasteiger partial charge in [-0.1, -0.05) is 29.3 Å². The van der Waals surface area contributed by atoms with Crippen molar-refractivity contribution in [3.8, 4) is 0 Å². The molecule has 2 aliphatic rings. The van der Waals surface area contributed by atoms with E-state index in [1.54, 1.807) is 18.2 Å². The van der Waals surface area contributed by atoms with Crippen molar-refractivity contribution < 1.29 is 9.18 Å². The van der Waals surface area contributed by atoms with Crippen molar-refractivity contribution >= 4 is 40.5 Å². The Morgan fingerprint density at radius 1 is 1.16 bits per heavy atom. The molecule has 2 aromatic carbocycles. The maximum Gasteiger partial charge on any atom is 0.239 e.